The smallest absolute Gasteiger partial charge is 0.0300 e. The Labute approximate surface area is 110 Å². The molecule has 0 radical (unpaired) electrons. The molecule has 2 heteroatoms. The Balaban J connectivity index is 2.17. The molecule has 0 aromatic heterocycles. The lowest BCUT2D eigenvalue weighted by Gasteiger charge is -2.10. The Kier molecular flexibility index (Phi) is 2.77. The average Bonchev–Trinajstić information content (AvgIpc) is 2.71. The largest absolute Gasteiger partial charge is 0.324 e. The first kappa shape index (κ1) is 11.0. The summed E-state index contributed by atoms with van der Waals surface area (Å²) in [7, 11) is 0. The van der Waals surface area contributed by atoms with Gasteiger partial charge >= 0.3 is 0 Å². The molecule has 0 fully saturated rings. The molecule has 0 spiro atoms. The summed E-state index contributed by atoms with van der Waals surface area (Å²) in [5.41, 5.74) is 11.5. The van der Waals surface area contributed by atoms with Gasteiger partial charge in [0.15, 0.2) is 0 Å². The zero-order valence-electron chi connectivity index (χ0n) is 9.49. The second-order valence-electron chi connectivity index (χ2n) is 4.53. The van der Waals surface area contributed by atoms with E-state index in [4.69, 9.17) is 5.73 Å². The molecule has 1 aliphatic rings. The minimum absolute atomic E-state index is 0.220. The Morgan fingerprint density at radius 1 is 1.12 bits per heavy atom. The fourth-order valence-corrected chi connectivity index (χ4v) is 3.01. The van der Waals surface area contributed by atoms with Crippen molar-refractivity contribution in [2.24, 2.45) is 5.73 Å². The van der Waals surface area contributed by atoms with Crippen LogP contribution in [0.25, 0.3) is 11.1 Å². The first-order valence-electron chi connectivity index (χ1n) is 5.89. The van der Waals surface area contributed by atoms with E-state index in [0.29, 0.717) is 0 Å². The zero-order chi connectivity index (χ0) is 11.8. The van der Waals surface area contributed by atoms with Gasteiger partial charge in [0.25, 0.3) is 0 Å². The highest BCUT2D eigenvalue weighted by Crippen LogP contribution is 2.36. The number of halogens is 1. The standard InChI is InChI=1S/C15H14BrN/c16-11-4-1-3-10(9-11)12-5-2-6-14-13(12)7-8-15(14)17/h1-6,9,15H,7-8,17H2. The predicted molar refractivity (Wildman–Crippen MR) is 74.8 cm³/mol. The van der Waals surface area contributed by atoms with Crippen molar-refractivity contribution in [3.05, 3.63) is 58.1 Å². The molecule has 0 saturated carbocycles. The summed E-state index contributed by atoms with van der Waals surface area (Å²) >= 11 is 3.53. The number of rotatable bonds is 1. The van der Waals surface area contributed by atoms with E-state index >= 15 is 0 Å². The van der Waals surface area contributed by atoms with E-state index in [1.54, 1.807) is 0 Å². The van der Waals surface area contributed by atoms with Crippen molar-refractivity contribution in [3.8, 4) is 11.1 Å². The first-order valence-corrected chi connectivity index (χ1v) is 6.68. The maximum absolute atomic E-state index is 6.11. The van der Waals surface area contributed by atoms with Crippen molar-refractivity contribution >= 4 is 15.9 Å². The van der Waals surface area contributed by atoms with E-state index in [0.717, 1.165) is 17.3 Å². The van der Waals surface area contributed by atoms with E-state index in [9.17, 15) is 0 Å². The molecule has 1 atom stereocenters. The third-order valence-electron chi connectivity index (χ3n) is 3.45. The van der Waals surface area contributed by atoms with Crippen LogP contribution in [0, 0.1) is 0 Å². The van der Waals surface area contributed by atoms with Crippen molar-refractivity contribution in [1.29, 1.82) is 0 Å². The van der Waals surface area contributed by atoms with Gasteiger partial charge in [-0.05, 0) is 47.2 Å². The van der Waals surface area contributed by atoms with E-state index in [2.05, 4.69) is 58.4 Å². The molecule has 1 aliphatic carbocycles. The number of hydrogen-bond acceptors (Lipinski definition) is 1. The highest BCUT2D eigenvalue weighted by Gasteiger charge is 2.21. The molecule has 1 nitrogen and oxygen atoms in total. The number of nitrogens with two attached hydrogens (primary N) is 1. The maximum Gasteiger partial charge on any atom is 0.0300 e. The molecule has 0 aliphatic heterocycles. The molecule has 0 bridgehead atoms. The lowest BCUT2D eigenvalue weighted by atomic mass is 9.96. The molecule has 0 saturated heterocycles. The van der Waals surface area contributed by atoms with Gasteiger partial charge < -0.3 is 5.73 Å². The Hall–Kier alpha value is -1.12. The summed E-state index contributed by atoms with van der Waals surface area (Å²) in [6.45, 7) is 0. The van der Waals surface area contributed by atoms with Crippen molar-refractivity contribution in [3.63, 3.8) is 0 Å². The lowest BCUT2D eigenvalue weighted by Crippen LogP contribution is -2.04. The van der Waals surface area contributed by atoms with Gasteiger partial charge in [-0.2, -0.15) is 0 Å². The van der Waals surface area contributed by atoms with Crippen LogP contribution in [0.5, 0.6) is 0 Å². The van der Waals surface area contributed by atoms with Gasteiger partial charge in [-0.25, -0.2) is 0 Å². The number of benzene rings is 2. The predicted octanol–water partition coefficient (Wildman–Crippen LogP) is 4.06. The number of hydrogen-bond donors (Lipinski definition) is 1. The van der Waals surface area contributed by atoms with Crippen LogP contribution in [0.4, 0.5) is 0 Å². The van der Waals surface area contributed by atoms with E-state index in [-0.39, 0.29) is 6.04 Å². The van der Waals surface area contributed by atoms with Crippen molar-refractivity contribution in [2.75, 3.05) is 0 Å². The monoisotopic (exact) mass is 287 g/mol. The van der Waals surface area contributed by atoms with Gasteiger partial charge in [0.1, 0.15) is 0 Å². The topological polar surface area (TPSA) is 26.0 Å². The molecule has 0 heterocycles. The van der Waals surface area contributed by atoms with E-state index in [1.807, 2.05) is 0 Å². The first-order chi connectivity index (χ1) is 8.25. The van der Waals surface area contributed by atoms with Crippen molar-refractivity contribution in [1.82, 2.24) is 0 Å². The van der Waals surface area contributed by atoms with Crippen LogP contribution in [0.3, 0.4) is 0 Å². The molecular weight excluding hydrogens is 274 g/mol. The Morgan fingerprint density at radius 3 is 2.76 bits per heavy atom. The van der Waals surface area contributed by atoms with Gasteiger partial charge in [-0.1, -0.05) is 46.3 Å². The minimum atomic E-state index is 0.220. The van der Waals surface area contributed by atoms with Crippen LogP contribution in [-0.2, 0) is 6.42 Å². The Bertz CT molecular complexity index is 563. The fraction of sp³-hybridized carbons (Fsp3) is 0.200. The third-order valence-corrected chi connectivity index (χ3v) is 3.95. The molecule has 2 N–H and O–H groups in total. The van der Waals surface area contributed by atoms with E-state index in [1.165, 1.54) is 22.3 Å². The zero-order valence-corrected chi connectivity index (χ0v) is 11.1. The van der Waals surface area contributed by atoms with Gasteiger partial charge in [0, 0.05) is 10.5 Å². The fourth-order valence-electron chi connectivity index (χ4n) is 2.61. The van der Waals surface area contributed by atoms with Gasteiger partial charge in [0.2, 0.25) is 0 Å². The molecule has 2 aromatic carbocycles. The highest BCUT2D eigenvalue weighted by molar-refractivity contribution is 9.10. The van der Waals surface area contributed by atoms with Crippen LogP contribution in [0.2, 0.25) is 0 Å². The Morgan fingerprint density at radius 2 is 1.94 bits per heavy atom. The van der Waals surface area contributed by atoms with Crippen molar-refractivity contribution < 1.29 is 0 Å². The second kappa shape index (κ2) is 4.28. The van der Waals surface area contributed by atoms with Crippen molar-refractivity contribution in [2.45, 2.75) is 18.9 Å². The van der Waals surface area contributed by atoms with Crippen LogP contribution in [0.15, 0.2) is 46.9 Å². The quantitative estimate of drug-likeness (QED) is 0.841. The molecular formula is C15H14BrN. The molecule has 86 valence electrons. The lowest BCUT2D eigenvalue weighted by molar-refractivity contribution is 0.713. The summed E-state index contributed by atoms with van der Waals surface area (Å²) in [5, 5.41) is 0. The molecule has 17 heavy (non-hydrogen) atoms. The third kappa shape index (κ3) is 1.92. The van der Waals surface area contributed by atoms with Crippen LogP contribution >= 0.6 is 15.9 Å². The molecule has 0 amide bonds. The SMILES string of the molecule is NC1CCc2c(-c3cccc(Br)c3)cccc21. The summed E-state index contributed by atoms with van der Waals surface area (Å²) in [6.07, 6.45) is 2.17. The highest BCUT2D eigenvalue weighted by atomic mass is 79.9. The summed E-state index contributed by atoms with van der Waals surface area (Å²) < 4.78 is 1.12. The average molecular weight is 288 g/mol. The summed E-state index contributed by atoms with van der Waals surface area (Å²) in [6, 6.07) is 15.1. The van der Waals surface area contributed by atoms with Crippen LogP contribution in [-0.4, -0.2) is 0 Å². The maximum atomic E-state index is 6.11. The van der Waals surface area contributed by atoms with Gasteiger partial charge in [-0.3, -0.25) is 0 Å². The molecule has 1 unspecified atom stereocenters. The molecule has 3 rings (SSSR count). The molecule has 2 aromatic rings. The summed E-state index contributed by atoms with van der Waals surface area (Å²) in [5.74, 6) is 0. The van der Waals surface area contributed by atoms with E-state index < -0.39 is 0 Å². The number of fused-ring (bicyclic) bond motifs is 1. The minimum Gasteiger partial charge on any atom is -0.324 e. The van der Waals surface area contributed by atoms with Gasteiger partial charge in [-0.15, -0.1) is 0 Å². The summed E-state index contributed by atoms with van der Waals surface area (Å²) in [4.78, 5) is 0. The van der Waals surface area contributed by atoms with Crippen LogP contribution < -0.4 is 5.73 Å². The van der Waals surface area contributed by atoms with Gasteiger partial charge in [0.05, 0.1) is 0 Å². The normalized spacial score (nSPS) is 18.1. The van der Waals surface area contributed by atoms with Crippen LogP contribution in [0.1, 0.15) is 23.6 Å². The second-order valence-corrected chi connectivity index (χ2v) is 5.44.